The van der Waals surface area contributed by atoms with Crippen molar-refractivity contribution in [1.29, 1.82) is 0 Å². The Bertz CT molecular complexity index is 1270. The predicted octanol–water partition coefficient (Wildman–Crippen LogP) is 3.28. The fourth-order valence-electron chi connectivity index (χ4n) is 3.82. The second-order valence-electron chi connectivity index (χ2n) is 7.91. The first kappa shape index (κ1) is 25.7. The van der Waals surface area contributed by atoms with Crippen molar-refractivity contribution in [3.63, 3.8) is 0 Å². The highest BCUT2D eigenvalue weighted by atomic mass is 35.5. The van der Waals surface area contributed by atoms with Gasteiger partial charge in [0.25, 0.3) is 0 Å². The van der Waals surface area contributed by atoms with Crippen LogP contribution in [0.15, 0.2) is 62.8 Å². The molecule has 2 aliphatic rings. The van der Waals surface area contributed by atoms with Gasteiger partial charge >= 0.3 is 12.6 Å². The Morgan fingerprint density at radius 3 is 2.89 bits per heavy atom. The predicted molar refractivity (Wildman–Crippen MR) is 129 cm³/mol. The van der Waals surface area contributed by atoms with Gasteiger partial charge in [-0.1, -0.05) is 17.7 Å². The summed E-state index contributed by atoms with van der Waals surface area (Å²) in [6.07, 6.45) is 2.90. The molecular formula is C22H20ClF3N6O3S. The number of aliphatic hydroxyl groups is 1. The molecule has 0 aliphatic carbocycles. The van der Waals surface area contributed by atoms with E-state index in [-0.39, 0.29) is 23.7 Å². The van der Waals surface area contributed by atoms with E-state index in [1.54, 1.807) is 11.6 Å². The molecule has 1 aromatic carbocycles. The van der Waals surface area contributed by atoms with Crippen LogP contribution in [-0.2, 0) is 4.74 Å². The third kappa shape index (κ3) is 5.53. The van der Waals surface area contributed by atoms with Gasteiger partial charge in [-0.15, -0.1) is 11.3 Å². The third-order valence-electron chi connectivity index (χ3n) is 5.45. The molecule has 5 N–H and O–H groups in total. The van der Waals surface area contributed by atoms with Crippen molar-refractivity contribution >= 4 is 41.1 Å². The van der Waals surface area contributed by atoms with Gasteiger partial charge in [0, 0.05) is 51.8 Å². The molecule has 1 saturated heterocycles. The number of alkyl carbamates (subject to hydrolysis) is 1. The van der Waals surface area contributed by atoms with Crippen molar-refractivity contribution in [3.8, 4) is 0 Å². The van der Waals surface area contributed by atoms with Crippen LogP contribution in [0.1, 0.15) is 23.0 Å². The number of benzene rings is 1. The average Bonchev–Trinajstić information content (AvgIpc) is 3.49. The molecular weight excluding hydrogens is 521 g/mol. The Morgan fingerprint density at radius 1 is 1.47 bits per heavy atom. The number of hydrogen-bond donors (Lipinski definition) is 4. The number of carbonyl (C=O) groups is 1. The number of nitrogens with zero attached hydrogens (tertiary/aromatic N) is 3. The zero-order valence-corrected chi connectivity index (χ0v) is 20.0. The van der Waals surface area contributed by atoms with Crippen LogP contribution in [-0.4, -0.2) is 53.5 Å². The van der Waals surface area contributed by atoms with Gasteiger partial charge in [-0.05, 0) is 18.2 Å². The Balaban J connectivity index is 1.89. The van der Waals surface area contributed by atoms with Crippen LogP contribution in [0.5, 0.6) is 0 Å². The van der Waals surface area contributed by atoms with Crippen molar-refractivity contribution in [2.75, 3.05) is 13.2 Å². The van der Waals surface area contributed by atoms with Gasteiger partial charge in [0.05, 0.1) is 6.61 Å². The molecule has 0 saturated carbocycles. The standard InChI is InChI=1S/C22H20ClF3N6O3S/c23-13-7-11(24)1-2-12(13)17-16(14(27)3-4-29-20(25)26)15(8-22(9-33)10-35-21(34)32-22)30-18(31-17)19-28-5-6-36-19/h1-7,17,20,33H,8-10,27H2,(H,30,31)(H,32,34)/t17-,22+/m0/s1. The van der Waals surface area contributed by atoms with Crippen LogP contribution >= 0.6 is 22.9 Å². The summed E-state index contributed by atoms with van der Waals surface area (Å²) in [5, 5.41) is 18.2. The van der Waals surface area contributed by atoms with E-state index in [4.69, 9.17) is 27.1 Å². The van der Waals surface area contributed by atoms with Crippen LogP contribution < -0.4 is 16.4 Å². The van der Waals surface area contributed by atoms with Crippen molar-refractivity contribution in [3.05, 3.63) is 74.2 Å². The molecule has 2 aliphatic heterocycles. The number of nitrogens with one attached hydrogen (secondary N) is 2. The van der Waals surface area contributed by atoms with Crippen LogP contribution in [0.2, 0.25) is 5.02 Å². The Hall–Kier alpha value is -3.42. The molecule has 1 fully saturated rings. The fraction of sp³-hybridized carbons (Fsp3) is 0.273. The highest BCUT2D eigenvalue weighted by Gasteiger charge is 2.42. The Labute approximate surface area is 212 Å². The minimum atomic E-state index is -2.94. The number of nitrogens with two attached hydrogens (primary N) is 1. The van der Waals surface area contributed by atoms with Gasteiger partial charge in [-0.3, -0.25) is 4.99 Å². The summed E-state index contributed by atoms with van der Waals surface area (Å²) in [7, 11) is 0. The highest BCUT2D eigenvalue weighted by molar-refractivity contribution is 7.11. The average molecular weight is 541 g/mol. The number of thiazole rings is 1. The molecule has 0 unspecified atom stereocenters. The first-order valence-corrected chi connectivity index (χ1v) is 11.7. The monoisotopic (exact) mass is 540 g/mol. The molecule has 0 radical (unpaired) electrons. The van der Waals surface area contributed by atoms with Crippen LogP contribution in [0, 0.1) is 5.82 Å². The quantitative estimate of drug-likeness (QED) is 0.300. The number of amides is 1. The number of allylic oxidation sites excluding steroid dienone is 1. The summed E-state index contributed by atoms with van der Waals surface area (Å²) in [6.45, 7) is -3.55. The number of carbonyl (C=O) groups excluding carboxylic acids is 1. The smallest absolute Gasteiger partial charge is 0.407 e. The SMILES string of the molecule is NC(=CC=NC(F)F)C1=C(C[C@@]2(CO)COC(=O)N2)NC(c2nccs2)=N[C@H]1c1ccc(F)cc1Cl. The number of cyclic esters (lactones) is 1. The largest absolute Gasteiger partial charge is 0.447 e. The van der Waals surface area contributed by atoms with E-state index in [0.29, 0.717) is 27.7 Å². The van der Waals surface area contributed by atoms with Crippen molar-refractivity contribution < 1.29 is 27.8 Å². The molecule has 9 nitrogen and oxygen atoms in total. The zero-order valence-electron chi connectivity index (χ0n) is 18.4. The second kappa shape index (κ2) is 10.7. The third-order valence-corrected chi connectivity index (χ3v) is 6.55. The van der Waals surface area contributed by atoms with E-state index in [0.717, 1.165) is 12.3 Å². The lowest BCUT2D eigenvalue weighted by Crippen LogP contribution is -2.49. The van der Waals surface area contributed by atoms with Gasteiger partial charge in [-0.2, -0.15) is 8.78 Å². The lowest BCUT2D eigenvalue weighted by molar-refractivity contribution is 0.144. The molecule has 14 heteroatoms. The number of hydrogen-bond acceptors (Lipinski definition) is 9. The molecule has 1 amide bonds. The Kier molecular flexibility index (Phi) is 7.62. The van der Waals surface area contributed by atoms with Gasteiger partial charge in [0.2, 0.25) is 0 Å². The van der Waals surface area contributed by atoms with E-state index in [9.17, 15) is 23.1 Å². The number of halogens is 4. The first-order chi connectivity index (χ1) is 17.2. The maximum Gasteiger partial charge on any atom is 0.407 e. The van der Waals surface area contributed by atoms with Crippen molar-refractivity contribution in [2.45, 2.75) is 24.6 Å². The fourth-order valence-corrected chi connectivity index (χ4v) is 4.67. The maximum absolute atomic E-state index is 13.8. The summed E-state index contributed by atoms with van der Waals surface area (Å²) >= 11 is 7.67. The number of ether oxygens (including phenoxy) is 1. The van der Waals surface area contributed by atoms with Crippen molar-refractivity contribution in [2.24, 2.45) is 15.7 Å². The van der Waals surface area contributed by atoms with Crippen molar-refractivity contribution in [1.82, 2.24) is 15.6 Å². The van der Waals surface area contributed by atoms with Crippen LogP contribution in [0.4, 0.5) is 18.0 Å². The Morgan fingerprint density at radius 2 is 2.28 bits per heavy atom. The molecule has 0 spiro atoms. The summed E-state index contributed by atoms with van der Waals surface area (Å²) in [6, 6.07) is 2.85. The second-order valence-corrected chi connectivity index (χ2v) is 9.22. The number of aromatic nitrogens is 1. The minimum absolute atomic E-state index is 0.00700. The van der Waals surface area contributed by atoms with Gasteiger partial charge in [0.15, 0.2) is 10.8 Å². The molecule has 2 aromatic rings. The number of aliphatic hydroxyl groups excluding tert-OH is 1. The van der Waals surface area contributed by atoms with Gasteiger partial charge in [-0.25, -0.2) is 19.2 Å². The molecule has 2 atom stereocenters. The number of alkyl halides is 2. The minimum Gasteiger partial charge on any atom is -0.447 e. The molecule has 0 bridgehead atoms. The molecule has 36 heavy (non-hydrogen) atoms. The summed E-state index contributed by atoms with van der Waals surface area (Å²) in [5.41, 5.74) is 6.21. The van der Waals surface area contributed by atoms with E-state index < -0.39 is 36.6 Å². The van der Waals surface area contributed by atoms with Crippen LogP contribution in [0.25, 0.3) is 0 Å². The molecule has 1 aromatic heterocycles. The van der Waals surface area contributed by atoms with Gasteiger partial charge < -0.3 is 26.2 Å². The van der Waals surface area contributed by atoms with E-state index in [2.05, 4.69) is 20.6 Å². The first-order valence-electron chi connectivity index (χ1n) is 10.5. The number of amidine groups is 1. The zero-order chi connectivity index (χ0) is 25.9. The normalized spacial score (nSPS) is 22.6. The van der Waals surface area contributed by atoms with E-state index in [1.165, 1.54) is 29.5 Å². The number of rotatable bonds is 8. The maximum atomic E-state index is 13.8. The van der Waals surface area contributed by atoms with E-state index in [1.807, 2.05) is 0 Å². The topological polar surface area (TPSA) is 134 Å². The summed E-state index contributed by atoms with van der Waals surface area (Å²) in [5.74, 6) is -0.230. The van der Waals surface area contributed by atoms with Gasteiger partial charge in [0.1, 0.15) is 24.0 Å². The molecule has 190 valence electrons. The van der Waals surface area contributed by atoms with Crippen LogP contribution in [0.3, 0.4) is 0 Å². The van der Waals surface area contributed by atoms with E-state index >= 15 is 0 Å². The lowest BCUT2D eigenvalue weighted by Gasteiger charge is -2.33. The molecule has 4 rings (SSSR count). The lowest BCUT2D eigenvalue weighted by atomic mass is 9.87. The highest BCUT2D eigenvalue weighted by Crippen LogP contribution is 2.40. The summed E-state index contributed by atoms with van der Waals surface area (Å²) in [4.78, 5) is 23.8. The molecule has 3 heterocycles. The summed E-state index contributed by atoms with van der Waals surface area (Å²) < 4.78 is 44.0. The number of aliphatic imine (C=N–C) groups is 2.